The Morgan fingerprint density at radius 3 is 2.79 bits per heavy atom. The van der Waals surface area contributed by atoms with E-state index in [2.05, 4.69) is 20.6 Å². The summed E-state index contributed by atoms with van der Waals surface area (Å²) in [6.45, 7) is 0.940. The first kappa shape index (κ1) is 20.5. The molecule has 0 aliphatic carbocycles. The predicted octanol–water partition coefficient (Wildman–Crippen LogP) is 0.876. The van der Waals surface area contributed by atoms with E-state index in [-0.39, 0.29) is 10.7 Å². The number of carbonyl (C=O) groups excluding carboxylic acids is 1. The van der Waals surface area contributed by atoms with Crippen LogP contribution in [0.2, 0.25) is 5.02 Å². The molecule has 0 saturated carbocycles. The summed E-state index contributed by atoms with van der Waals surface area (Å²) in [4.78, 5) is 12.1. The number of halogens is 1. The minimum absolute atomic E-state index is 0.00919. The number of amides is 1. The molecule has 0 bridgehead atoms. The van der Waals surface area contributed by atoms with E-state index in [9.17, 15) is 20.1 Å². The molecule has 1 unspecified atom stereocenters. The lowest BCUT2D eigenvalue weighted by molar-refractivity contribution is -0.230. The van der Waals surface area contributed by atoms with E-state index in [0.717, 1.165) is 4.68 Å². The SMILES string of the molecule is CC(O)c1cc(C(=O)NCC(O)(O)n2ccc(-c3ccc(C#N)c(Cl)c3)n2)n[nH]1. The van der Waals surface area contributed by atoms with Crippen molar-refractivity contribution in [2.45, 2.75) is 18.9 Å². The molecule has 0 saturated heterocycles. The van der Waals surface area contributed by atoms with Crippen molar-refractivity contribution in [3.05, 3.63) is 58.5 Å². The molecule has 11 heteroatoms. The lowest BCUT2D eigenvalue weighted by Crippen LogP contribution is -2.45. The Bertz CT molecular complexity index is 1080. The van der Waals surface area contributed by atoms with E-state index in [0.29, 0.717) is 22.5 Å². The van der Waals surface area contributed by atoms with Crippen molar-refractivity contribution < 1.29 is 20.1 Å². The first-order valence-corrected chi connectivity index (χ1v) is 8.81. The largest absolute Gasteiger partial charge is 0.387 e. The molecule has 10 nitrogen and oxygen atoms in total. The summed E-state index contributed by atoms with van der Waals surface area (Å²) in [5.41, 5.74) is 1.63. The maximum absolute atomic E-state index is 12.1. The average Bonchev–Trinajstić information content (AvgIpc) is 3.36. The Morgan fingerprint density at radius 2 is 2.17 bits per heavy atom. The molecule has 0 fully saturated rings. The smallest absolute Gasteiger partial charge is 0.284 e. The number of aliphatic hydroxyl groups is 3. The van der Waals surface area contributed by atoms with E-state index in [1.807, 2.05) is 6.07 Å². The van der Waals surface area contributed by atoms with Crippen molar-refractivity contribution >= 4 is 17.5 Å². The van der Waals surface area contributed by atoms with Gasteiger partial charge in [-0.1, -0.05) is 17.7 Å². The topological polar surface area (TPSA) is 160 Å². The fraction of sp³-hybridized carbons (Fsp3) is 0.222. The molecule has 2 aromatic heterocycles. The van der Waals surface area contributed by atoms with Crippen LogP contribution < -0.4 is 5.32 Å². The van der Waals surface area contributed by atoms with E-state index >= 15 is 0 Å². The van der Waals surface area contributed by atoms with Crippen molar-refractivity contribution in [2.75, 3.05) is 6.54 Å². The van der Waals surface area contributed by atoms with Gasteiger partial charge in [-0.05, 0) is 31.2 Å². The van der Waals surface area contributed by atoms with Gasteiger partial charge in [0.05, 0.1) is 34.6 Å². The molecule has 2 heterocycles. The third-order valence-corrected chi connectivity index (χ3v) is 4.42. The van der Waals surface area contributed by atoms with Gasteiger partial charge in [-0.15, -0.1) is 0 Å². The van der Waals surface area contributed by atoms with Crippen LogP contribution in [0.15, 0.2) is 36.5 Å². The standard InChI is InChI=1S/C18H17ClN6O4/c1-10(26)15-7-16(23-22-15)17(27)21-9-18(28,29)25-5-4-14(24-25)11-2-3-12(8-20)13(19)6-11/h2-7,10,26,28-29H,9H2,1H3,(H,21,27)(H,22,23). The quantitative estimate of drug-likeness (QED) is 0.372. The molecule has 1 aromatic carbocycles. The summed E-state index contributed by atoms with van der Waals surface area (Å²) in [5, 5.41) is 51.9. The van der Waals surface area contributed by atoms with E-state index < -0.39 is 24.5 Å². The van der Waals surface area contributed by atoms with E-state index in [1.165, 1.54) is 31.3 Å². The molecular weight excluding hydrogens is 400 g/mol. The number of hydrogen-bond acceptors (Lipinski definition) is 7. The summed E-state index contributed by atoms with van der Waals surface area (Å²) in [7, 11) is 0. The molecular formula is C18H17ClN6O4. The van der Waals surface area contributed by atoms with Crippen molar-refractivity contribution in [2.24, 2.45) is 0 Å². The fourth-order valence-corrected chi connectivity index (χ4v) is 2.70. The number of aliphatic hydroxyl groups excluding tert-OH is 1. The van der Waals surface area contributed by atoms with Crippen LogP contribution in [-0.4, -0.2) is 47.7 Å². The highest BCUT2D eigenvalue weighted by Crippen LogP contribution is 2.25. The molecule has 5 N–H and O–H groups in total. The van der Waals surface area contributed by atoms with Crippen LogP contribution in [0.1, 0.15) is 34.8 Å². The summed E-state index contributed by atoms with van der Waals surface area (Å²) in [6, 6.07) is 9.55. The van der Waals surface area contributed by atoms with Gasteiger partial charge >= 0.3 is 0 Å². The van der Waals surface area contributed by atoms with Gasteiger partial charge in [0.25, 0.3) is 11.8 Å². The van der Waals surface area contributed by atoms with Crippen LogP contribution in [0.5, 0.6) is 0 Å². The normalized spacial score (nSPS) is 12.4. The van der Waals surface area contributed by atoms with Crippen molar-refractivity contribution in [3.63, 3.8) is 0 Å². The van der Waals surface area contributed by atoms with Crippen LogP contribution in [0, 0.1) is 11.3 Å². The maximum Gasteiger partial charge on any atom is 0.284 e. The number of carbonyl (C=O) groups is 1. The van der Waals surface area contributed by atoms with Gasteiger partial charge in [0.1, 0.15) is 11.8 Å². The Hall–Kier alpha value is -3.23. The lowest BCUT2D eigenvalue weighted by atomic mass is 10.1. The molecule has 150 valence electrons. The zero-order valence-corrected chi connectivity index (χ0v) is 15.9. The summed E-state index contributed by atoms with van der Waals surface area (Å²) >= 11 is 6.01. The molecule has 1 atom stereocenters. The Labute approximate surface area is 170 Å². The molecule has 3 rings (SSSR count). The highest BCUT2D eigenvalue weighted by atomic mass is 35.5. The second kappa shape index (κ2) is 8.02. The fourth-order valence-electron chi connectivity index (χ4n) is 2.48. The van der Waals surface area contributed by atoms with Gasteiger partial charge in [0.15, 0.2) is 0 Å². The van der Waals surface area contributed by atoms with Gasteiger partial charge in [-0.3, -0.25) is 9.89 Å². The van der Waals surface area contributed by atoms with Crippen molar-refractivity contribution in [1.29, 1.82) is 5.26 Å². The first-order valence-electron chi connectivity index (χ1n) is 8.44. The molecule has 0 aliphatic rings. The monoisotopic (exact) mass is 416 g/mol. The van der Waals surface area contributed by atoms with Gasteiger partial charge in [-0.2, -0.15) is 15.5 Å². The predicted molar refractivity (Wildman–Crippen MR) is 101 cm³/mol. The molecule has 1 amide bonds. The second-order valence-electron chi connectivity index (χ2n) is 6.29. The number of benzene rings is 1. The number of H-pyrrole nitrogens is 1. The highest BCUT2D eigenvalue weighted by Gasteiger charge is 2.28. The van der Waals surface area contributed by atoms with Crippen LogP contribution in [0.3, 0.4) is 0 Å². The number of nitrogens with zero attached hydrogens (tertiary/aromatic N) is 4. The van der Waals surface area contributed by atoms with Gasteiger partial charge in [0.2, 0.25) is 0 Å². The molecule has 29 heavy (non-hydrogen) atoms. The summed E-state index contributed by atoms with van der Waals surface area (Å²) in [6.07, 6.45) is 0.505. The highest BCUT2D eigenvalue weighted by molar-refractivity contribution is 6.32. The number of nitriles is 1. The Kier molecular flexibility index (Phi) is 5.67. The maximum atomic E-state index is 12.1. The van der Waals surface area contributed by atoms with E-state index in [1.54, 1.807) is 12.1 Å². The molecule has 0 spiro atoms. The van der Waals surface area contributed by atoms with Crippen LogP contribution in [0.25, 0.3) is 11.3 Å². The number of aromatic amines is 1. The number of nitrogens with one attached hydrogen (secondary N) is 2. The van der Waals surface area contributed by atoms with Crippen molar-refractivity contribution in [3.8, 4) is 17.3 Å². The van der Waals surface area contributed by atoms with Gasteiger partial charge in [0, 0.05) is 11.8 Å². The minimum atomic E-state index is -2.51. The van der Waals surface area contributed by atoms with Gasteiger partial charge in [-0.25, -0.2) is 4.68 Å². The van der Waals surface area contributed by atoms with Crippen LogP contribution >= 0.6 is 11.6 Å². The van der Waals surface area contributed by atoms with Crippen LogP contribution in [0.4, 0.5) is 0 Å². The molecule has 0 radical (unpaired) electrons. The summed E-state index contributed by atoms with van der Waals surface area (Å²) < 4.78 is 0.875. The lowest BCUT2D eigenvalue weighted by Gasteiger charge is -2.22. The zero-order valence-electron chi connectivity index (χ0n) is 15.2. The number of hydrogen-bond donors (Lipinski definition) is 5. The minimum Gasteiger partial charge on any atom is -0.387 e. The second-order valence-corrected chi connectivity index (χ2v) is 6.70. The Balaban J connectivity index is 1.70. The molecule has 3 aromatic rings. The number of aromatic nitrogens is 4. The van der Waals surface area contributed by atoms with Gasteiger partial charge < -0.3 is 20.6 Å². The summed E-state index contributed by atoms with van der Waals surface area (Å²) in [5.74, 6) is -3.17. The van der Waals surface area contributed by atoms with E-state index in [4.69, 9.17) is 16.9 Å². The average molecular weight is 417 g/mol. The Morgan fingerprint density at radius 1 is 1.41 bits per heavy atom. The van der Waals surface area contributed by atoms with Crippen molar-refractivity contribution in [1.82, 2.24) is 25.3 Å². The molecule has 0 aliphatic heterocycles. The zero-order chi connectivity index (χ0) is 21.2. The third kappa shape index (κ3) is 4.44. The number of rotatable bonds is 6. The first-order chi connectivity index (χ1) is 13.7. The third-order valence-electron chi connectivity index (χ3n) is 4.11. The van der Waals surface area contributed by atoms with Crippen LogP contribution in [-0.2, 0) is 5.91 Å².